The Kier molecular flexibility index (Phi) is 7.36. The Hall–Kier alpha value is -1.20. The van der Waals surface area contributed by atoms with Crippen molar-refractivity contribution in [2.45, 2.75) is 18.7 Å². The molecule has 1 rings (SSSR count). The van der Waals surface area contributed by atoms with E-state index in [-0.39, 0.29) is 6.03 Å². The molecule has 106 valence electrons. The van der Waals surface area contributed by atoms with Gasteiger partial charge in [-0.25, -0.2) is 4.79 Å². The third-order valence-electron chi connectivity index (χ3n) is 2.96. The van der Waals surface area contributed by atoms with Gasteiger partial charge in [-0.05, 0) is 43.6 Å². The lowest BCUT2D eigenvalue weighted by Gasteiger charge is -2.18. The van der Waals surface area contributed by atoms with Crippen LogP contribution in [0.4, 0.5) is 10.5 Å². The van der Waals surface area contributed by atoms with Gasteiger partial charge in [-0.3, -0.25) is 0 Å². The molecule has 0 saturated heterocycles. The molecule has 5 heteroatoms. The standard InChI is InChI=1S/C14H23N3OS/c1-4-17(5-2)11-10-15-14(18)16-12-6-8-13(19-3)9-7-12/h6-9H,4-5,10-11H2,1-3H3,(H2,15,16,18). The number of likely N-dealkylation sites (N-methyl/N-ethyl adjacent to an activating group) is 1. The Morgan fingerprint density at radius 2 is 1.84 bits per heavy atom. The van der Waals surface area contributed by atoms with Crippen molar-refractivity contribution >= 4 is 23.5 Å². The predicted molar refractivity (Wildman–Crippen MR) is 83.0 cm³/mol. The Balaban J connectivity index is 2.30. The number of rotatable bonds is 7. The lowest BCUT2D eigenvalue weighted by atomic mass is 10.3. The number of nitrogens with zero attached hydrogens (tertiary/aromatic N) is 1. The number of carbonyl (C=O) groups is 1. The number of anilines is 1. The average molecular weight is 281 g/mol. The van der Waals surface area contributed by atoms with Crippen LogP contribution in [-0.4, -0.2) is 43.4 Å². The topological polar surface area (TPSA) is 44.4 Å². The predicted octanol–water partition coefficient (Wildman–Crippen LogP) is 2.87. The zero-order valence-electron chi connectivity index (χ0n) is 11.9. The van der Waals surface area contributed by atoms with Crippen molar-refractivity contribution in [2.24, 2.45) is 0 Å². The highest BCUT2D eigenvalue weighted by Crippen LogP contribution is 2.17. The van der Waals surface area contributed by atoms with Gasteiger partial charge in [0.1, 0.15) is 0 Å². The third kappa shape index (κ3) is 5.98. The second kappa shape index (κ2) is 8.82. The summed E-state index contributed by atoms with van der Waals surface area (Å²) in [5, 5.41) is 5.69. The van der Waals surface area contributed by atoms with Gasteiger partial charge in [-0.15, -0.1) is 11.8 Å². The van der Waals surface area contributed by atoms with Gasteiger partial charge in [0.2, 0.25) is 0 Å². The van der Waals surface area contributed by atoms with Gasteiger partial charge < -0.3 is 15.5 Å². The summed E-state index contributed by atoms with van der Waals surface area (Å²) in [6.45, 7) is 7.81. The van der Waals surface area contributed by atoms with E-state index in [4.69, 9.17) is 0 Å². The maximum absolute atomic E-state index is 11.7. The van der Waals surface area contributed by atoms with E-state index in [1.54, 1.807) is 11.8 Å². The molecule has 0 spiro atoms. The van der Waals surface area contributed by atoms with Gasteiger partial charge >= 0.3 is 6.03 Å². The molecule has 0 aromatic heterocycles. The second-order valence-electron chi connectivity index (χ2n) is 4.14. The molecular weight excluding hydrogens is 258 g/mol. The van der Waals surface area contributed by atoms with Crippen LogP contribution in [0.2, 0.25) is 0 Å². The number of amides is 2. The van der Waals surface area contributed by atoms with Crippen LogP contribution < -0.4 is 10.6 Å². The van der Waals surface area contributed by atoms with Crippen LogP contribution in [0.3, 0.4) is 0 Å². The zero-order chi connectivity index (χ0) is 14.1. The van der Waals surface area contributed by atoms with Crippen molar-refractivity contribution in [2.75, 3.05) is 37.8 Å². The lowest BCUT2D eigenvalue weighted by molar-refractivity contribution is 0.248. The SMILES string of the molecule is CCN(CC)CCNC(=O)Nc1ccc(SC)cc1. The van der Waals surface area contributed by atoms with E-state index >= 15 is 0 Å². The maximum Gasteiger partial charge on any atom is 0.319 e. The molecule has 0 fully saturated rings. The van der Waals surface area contributed by atoms with Crippen molar-refractivity contribution < 1.29 is 4.79 Å². The Morgan fingerprint density at radius 3 is 2.37 bits per heavy atom. The maximum atomic E-state index is 11.7. The van der Waals surface area contributed by atoms with Gasteiger partial charge in [0.25, 0.3) is 0 Å². The highest BCUT2D eigenvalue weighted by Gasteiger charge is 2.03. The van der Waals surface area contributed by atoms with Gasteiger partial charge in [0, 0.05) is 23.7 Å². The first-order chi connectivity index (χ1) is 9.19. The number of thioether (sulfide) groups is 1. The van der Waals surface area contributed by atoms with Crippen LogP contribution in [0.25, 0.3) is 0 Å². The van der Waals surface area contributed by atoms with E-state index in [9.17, 15) is 4.79 Å². The van der Waals surface area contributed by atoms with Crippen molar-refractivity contribution in [3.8, 4) is 0 Å². The number of carbonyl (C=O) groups excluding carboxylic acids is 1. The molecule has 2 N–H and O–H groups in total. The highest BCUT2D eigenvalue weighted by atomic mass is 32.2. The summed E-state index contributed by atoms with van der Waals surface area (Å²) in [6.07, 6.45) is 2.03. The molecule has 4 nitrogen and oxygen atoms in total. The summed E-state index contributed by atoms with van der Waals surface area (Å²) in [7, 11) is 0. The molecular formula is C14H23N3OS. The monoisotopic (exact) mass is 281 g/mol. The second-order valence-corrected chi connectivity index (χ2v) is 5.02. The van der Waals surface area contributed by atoms with E-state index in [2.05, 4.69) is 29.4 Å². The largest absolute Gasteiger partial charge is 0.337 e. The molecule has 1 aromatic carbocycles. The third-order valence-corrected chi connectivity index (χ3v) is 3.70. The van der Waals surface area contributed by atoms with E-state index in [1.807, 2.05) is 30.5 Å². The fraction of sp³-hybridized carbons (Fsp3) is 0.500. The number of hydrogen-bond acceptors (Lipinski definition) is 3. The zero-order valence-corrected chi connectivity index (χ0v) is 12.7. The molecule has 19 heavy (non-hydrogen) atoms. The molecule has 0 unspecified atom stereocenters. The summed E-state index contributed by atoms with van der Waals surface area (Å²) < 4.78 is 0. The fourth-order valence-corrected chi connectivity index (χ4v) is 2.13. The van der Waals surface area contributed by atoms with Crippen molar-refractivity contribution in [1.82, 2.24) is 10.2 Å². The molecule has 0 heterocycles. The summed E-state index contributed by atoms with van der Waals surface area (Å²) in [4.78, 5) is 15.1. The summed E-state index contributed by atoms with van der Waals surface area (Å²) in [5.41, 5.74) is 0.818. The molecule has 2 amide bonds. The Labute approximate surface area is 119 Å². The first-order valence-electron chi connectivity index (χ1n) is 6.60. The molecule has 1 aromatic rings. The van der Waals surface area contributed by atoms with Gasteiger partial charge in [-0.1, -0.05) is 13.8 Å². The number of benzene rings is 1. The first kappa shape index (κ1) is 15.9. The number of hydrogen-bond donors (Lipinski definition) is 2. The summed E-state index contributed by atoms with van der Waals surface area (Å²) in [5.74, 6) is 0. The first-order valence-corrected chi connectivity index (χ1v) is 7.83. The van der Waals surface area contributed by atoms with Gasteiger partial charge in [0.15, 0.2) is 0 Å². The van der Waals surface area contributed by atoms with Gasteiger partial charge in [-0.2, -0.15) is 0 Å². The molecule has 0 radical (unpaired) electrons. The fourth-order valence-electron chi connectivity index (χ4n) is 1.72. The molecule has 0 atom stereocenters. The average Bonchev–Trinajstić information content (AvgIpc) is 2.44. The van der Waals surface area contributed by atoms with Crippen LogP contribution >= 0.6 is 11.8 Å². The molecule has 0 aliphatic heterocycles. The number of urea groups is 1. The molecule has 0 saturated carbocycles. The minimum atomic E-state index is -0.149. The van der Waals surface area contributed by atoms with E-state index in [0.717, 1.165) is 25.3 Å². The molecule has 0 aliphatic rings. The summed E-state index contributed by atoms with van der Waals surface area (Å²) in [6, 6.07) is 7.67. The normalized spacial score (nSPS) is 10.5. The van der Waals surface area contributed by atoms with E-state index in [1.165, 1.54) is 4.90 Å². The lowest BCUT2D eigenvalue weighted by Crippen LogP contribution is -2.36. The van der Waals surface area contributed by atoms with Crippen LogP contribution in [0.15, 0.2) is 29.2 Å². The van der Waals surface area contributed by atoms with E-state index in [0.29, 0.717) is 6.54 Å². The van der Waals surface area contributed by atoms with Gasteiger partial charge in [0.05, 0.1) is 0 Å². The minimum absolute atomic E-state index is 0.149. The van der Waals surface area contributed by atoms with Crippen LogP contribution in [0.1, 0.15) is 13.8 Å². The van der Waals surface area contributed by atoms with Crippen molar-refractivity contribution in [3.05, 3.63) is 24.3 Å². The smallest absolute Gasteiger partial charge is 0.319 e. The Morgan fingerprint density at radius 1 is 1.21 bits per heavy atom. The van der Waals surface area contributed by atoms with Crippen molar-refractivity contribution in [3.63, 3.8) is 0 Å². The minimum Gasteiger partial charge on any atom is -0.337 e. The highest BCUT2D eigenvalue weighted by molar-refractivity contribution is 7.98. The van der Waals surface area contributed by atoms with Crippen LogP contribution in [0.5, 0.6) is 0 Å². The Bertz CT molecular complexity index is 377. The van der Waals surface area contributed by atoms with Crippen LogP contribution in [0, 0.1) is 0 Å². The number of nitrogens with one attached hydrogen (secondary N) is 2. The molecule has 0 aliphatic carbocycles. The molecule has 0 bridgehead atoms. The van der Waals surface area contributed by atoms with Crippen molar-refractivity contribution in [1.29, 1.82) is 0 Å². The van der Waals surface area contributed by atoms with Crippen LogP contribution in [-0.2, 0) is 0 Å². The quantitative estimate of drug-likeness (QED) is 0.755. The summed E-state index contributed by atoms with van der Waals surface area (Å²) >= 11 is 1.68. The van der Waals surface area contributed by atoms with E-state index < -0.39 is 0 Å².